The van der Waals surface area contributed by atoms with Crippen LogP contribution in [0, 0.1) is 0 Å². The minimum atomic E-state index is 0.160. The number of anilines is 1. The first-order valence-corrected chi connectivity index (χ1v) is 6.25. The Kier molecular flexibility index (Phi) is 2.31. The Morgan fingerprint density at radius 1 is 1.19 bits per heavy atom. The number of pyridine rings is 1. The lowest BCUT2D eigenvalue weighted by atomic mass is 10.1. The molecule has 8 nitrogen and oxygen atoms in total. The van der Waals surface area contributed by atoms with Crippen molar-refractivity contribution in [1.29, 1.82) is 0 Å². The summed E-state index contributed by atoms with van der Waals surface area (Å²) in [5.74, 6) is 0.592. The van der Waals surface area contributed by atoms with Crippen molar-refractivity contribution in [2.24, 2.45) is 0 Å². The van der Waals surface area contributed by atoms with Crippen LogP contribution in [-0.4, -0.2) is 36.3 Å². The largest absolute Gasteiger partial charge is 0.479 e. The highest BCUT2D eigenvalue weighted by Gasteiger charge is 2.14. The van der Waals surface area contributed by atoms with E-state index in [1.807, 2.05) is 30.6 Å². The summed E-state index contributed by atoms with van der Waals surface area (Å²) in [5.41, 5.74) is 9.10. The molecule has 0 aliphatic rings. The van der Waals surface area contributed by atoms with Crippen molar-refractivity contribution in [1.82, 2.24) is 29.2 Å². The van der Waals surface area contributed by atoms with Crippen LogP contribution in [0.15, 0.2) is 36.9 Å². The Morgan fingerprint density at radius 2 is 2.10 bits per heavy atom. The van der Waals surface area contributed by atoms with Crippen LogP contribution in [0.4, 0.5) is 5.95 Å². The predicted octanol–water partition coefficient (Wildman–Crippen LogP) is 1.03. The third-order valence-corrected chi connectivity index (χ3v) is 3.27. The third-order valence-electron chi connectivity index (χ3n) is 3.27. The second kappa shape index (κ2) is 4.17. The molecule has 104 valence electrons. The molecule has 4 rings (SSSR count). The number of hydrogen-bond acceptors (Lipinski definition) is 6. The average Bonchev–Trinajstić information content (AvgIpc) is 3.11. The van der Waals surface area contributed by atoms with E-state index in [0.717, 1.165) is 22.3 Å². The summed E-state index contributed by atoms with van der Waals surface area (Å²) < 4.78 is 8.68. The summed E-state index contributed by atoms with van der Waals surface area (Å²) in [6.45, 7) is 0. The van der Waals surface area contributed by atoms with Gasteiger partial charge in [-0.25, -0.2) is 14.0 Å². The molecule has 0 radical (unpaired) electrons. The van der Waals surface area contributed by atoms with Crippen molar-refractivity contribution in [3.05, 3.63) is 36.9 Å². The van der Waals surface area contributed by atoms with E-state index in [4.69, 9.17) is 10.5 Å². The van der Waals surface area contributed by atoms with Crippen LogP contribution in [-0.2, 0) is 0 Å². The Morgan fingerprint density at radius 3 is 2.95 bits per heavy atom. The van der Waals surface area contributed by atoms with Gasteiger partial charge in [0.05, 0.1) is 7.11 Å². The zero-order chi connectivity index (χ0) is 14.4. The van der Waals surface area contributed by atoms with Gasteiger partial charge in [0, 0.05) is 23.5 Å². The number of fused-ring (bicyclic) bond motifs is 2. The highest BCUT2D eigenvalue weighted by Crippen LogP contribution is 2.30. The zero-order valence-corrected chi connectivity index (χ0v) is 11.1. The molecule has 0 saturated heterocycles. The molecule has 0 saturated carbocycles. The number of nitrogen functional groups attached to an aromatic ring is 1. The maximum Gasteiger partial charge on any atom is 0.243 e. The number of aromatic nitrogens is 6. The summed E-state index contributed by atoms with van der Waals surface area (Å²) in [4.78, 5) is 8.25. The molecule has 0 fully saturated rings. The molecule has 8 heteroatoms. The number of hydrogen-bond donors (Lipinski definition) is 1. The molecule has 0 amide bonds. The molecule has 0 atom stereocenters. The molecular formula is C13H11N7O. The van der Waals surface area contributed by atoms with Crippen LogP contribution < -0.4 is 10.5 Å². The monoisotopic (exact) mass is 281 g/mol. The minimum absolute atomic E-state index is 0.160. The Hall–Kier alpha value is -3.16. The maximum absolute atomic E-state index is 5.66. The van der Waals surface area contributed by atoms with E-state index in [9.17, 15) is 0 Å². The number of methoxy groups -OCH3 is 1. The van der Waals surface area contributed by atoms with Crippen molar-refractivity contribution >= 4 is 17.1 Å². The van der Waals surface area contributed by atoms with Gasteiger partial charge in [-0.15, -0.1) is 5.10 Å². The van der Waals surface area contributed by atoms with Crippen LogP contribution in [0.2, 0.25) is 0 Å². The lowest BCUT2D eigenvalue weighted by Crippen LogP contribution is -2.03. The summed E-state index contributed by atoms with van der Waals surface area (Å²) in [5, 5.41) is 8.29. The highest BCUT2D eigenvalue weighted by atomic mass is 16.5. The van der Waals surface area contributed by atoms with Crippen LogP contribution in [0.3, 0.4) is 0 Å². The van der Waals surface area contributed by atoms with Gasteiger partial charge in [-0.05, 0) is 18.2 Å². The standard InChI is InChI=1S/C13H11N7O/c1-21-12-11-9(4-5-19(11)18-13(14)17-12)8-2-3-10-15-7-16-20(10)6-8/h2-7H,1H3,(H2,14,18). The van der Waals surface area contributed by atoms with Gasteiger partial charge in [-0.1, -0.05) is 0 Å². The molecule has 4 aromatic rings. The molecular weight excluding hydrogens is 270 g/mol. The molecule has 0 aromatic carbocycles. The molecule has 21 heavy (non-hydrogen) atoms. The smallest absolute Gasteiger partial charge is 0.243 e. The molecule has 4 aromatic heterocycles. The minimum Gasteiger partial charge on any atom is -0.479 e. The molecule has 4 heterocycles. The second-order valence-electron chi connectivity index (χ2n) is 4.48. The molecule has 0 bridgehead atoms. The van der Waals surface area contributed by atoms with Crippen LogP contribution in [0.1, 0.15) is 0 Å². The number of rotatable bonds is 2. The van der Waals surface area contributed by atoms with Gasteiger partial charge in [0.1, 0.15) is 11.8 Å². The topological polar surface area (TPSA) is 95.6 Å². The van der Waals surface area contributed by atoms with Gasteiger partial charge in [0.15, 0.2) is 5.65 Å². The second-order valence-corrected chi connectivity index (χ2v) is 4.48. The van der Waals surface area contributed by atoms with E-state index in [0.29, 0.717) is 5.88 Å². The van der Waals surface area contributed by atoms with E-state index < -0.39 is 0 Å². The molecule has 0 aliphatic carbocycles. The highest BCUT2D eigenvalue weighted by molar-refractivity contribution is 5.84. The first kappa shape index (κ1) is 11.6. The fraction of sp³-hybridized carbons (Fsp3) is 0.0769. The number of nitrogens with zero attached hydrogens (tertiary/aromatic N) is 6. The van der Waals surface area contributed by atoms with Gasteiger partial charge in [-0.3, -0.25) is 0 Å². The molecule has 0 unspecified atom stereocenters. The fourth-order valence-electron chi connectivity index (χ4n) is 2.36. The molecule has 0 spiro atoms. The lowest BCUT2D eigenvalue weighted by molar-refractivity contribution is 0.400. The SMILES string of the molecule is COc1nc(N)nn2ccc(-c3ccc4ncnn4c3)c12. The third kappa shape index (κ3) is 1.69. The van der Waals surface area contributed by atoms with Gasteiger partial charge in [0.25, 0.3) is 0 Å². The van der Waals surface area contributed by atoms with Gasteiger partial charge < -0.3 is 10.5 Å². The Bertz CT molecular complexity index is 956. The number of nitrogens with two attached hydrogens (primary N) is 1. The van der Waals surface area contributed by atoms with E-state index >= 15 is 0 Å². The zero-order valence-electron chi connectivity index (χ0n) is 11.1. The van der Waals surface area contributed by atoms with E-state index in [2.05, 4.69) is 20.2 Å². The van der Waals surface area contributed by atoms with Crippen molar-refractivity contribution < 1.29 is 4.74 Å². The van der Waals surface area contributed by atoms with Crippen molar-refractivity contribution in [3.8, 4) is 17.0 Å². The van der Waals surface area contributed by atoms with E-state index in [1.54, 1.807) is 16.1 Å². The van der Waals surface area contributed by atoms with Gasteiger partial charge in [-0.2, -0.15) is 10.1 Å². The summed E-state index contributed by atoms with van der Waals surface area (Å²) in [6.07, 6.45) is 5.23. The maximum atomic E-state index is 5.66. The van der Waals surface area contributed by atoms with Gasteiger partial charge in [0.2, 0.25) is 11.8 Å². The van der Waals surface area contributed by atoms with Crippen molar-refractivity contribution in [2.45, 2.75) is 0 Å². The first-order valence-electron chi connectivity index (χ1n) is 6.25. The van der Waals surface area contributed by atoms with Crippen LogP contribution >= 0.6 is 0 Å². The lowest BCUT2D eigenvalue weighted by Gasteiger charge is -2.06. The van der Waals surface area contributed by atoms with Gasteiger partial charge >= 0.3 is 0 Å². The van der Waals surface area contributed by atoms with Crippen LogP contribution in [0.5, 0.6) is 5.88 Å². The Balaban J connectivity index is 2.01. The Labute approximate surface area is 118 Å². The first-order chi connectivity index (χ1) is 10.3. The normalized spacial score (nSPS) is 11.3. The molecule has 2 N–H and O–H groups in total. The average molecular weight is 281 g/mol. The fourth-order valence-corrected chi connectivity index (χ4v) is 2.36. The van der Waals surface area contributed by atoms with E-state index in [1.165, 1.54) is 6.33 Å². The number of ether oxygens (including phenoxy) is 1. The molecule has 0 aliphatic heterocycles. The quantitative estimate of drug-likeness (QED) is 0.589. The summed E-state index contributed by atoms with van der Waals surface area (Å²) in [6, 6.07) is 5.80. The van der Waals surface area contributed by atoms with E-state index in [-0.39, 0.29) is 5.95 Å². The van der Waals surface area contributed by atoms with Crippen molar-refractivity contribution in [3.63, 3.8) is 0 Å². The summed E-state index contributed by atoms with van der Waals surface area (Å²) >= 11 is 0. The summed E-state index contributed by atoms with van der Waals surface area (Å²) in [7, 11) is 1.55. The van der Waals surface area contributed by atoms with Crippen molar-refractivity contribution in [2.75, 3.05) is 12.8 Å². The predicted molar refractivity (Wildman–Crippen MR) is 75.9 cm³/mol. The van der Waals surface area contributed by atoms with Crippen LogP contribution in [0.25, 0.3) is 22.3 Å².